The number of amides is 1. The quantitative estimate of drug-likeness (QED) is 0.810. The minimum absolute atomic E-state index is 0.324. The van der Waals surface area contributed by atoms with Crippen LogP contribution in [0.4, 0.5) is 0 Å². The summed E-state index contributed by atoms with van der Waals surface area (Å²) in [6, 6.07) is 4.57. The summed E-state index contributed by atoms with van der Waals surface area (Å²) < 4.78 is 2.18. The van der Waals surface area contributed by atoms with Crippen LogP contribution in [0.5, 0.6) is 0 Å². The topological polar surface area (TPSA) is 38.1 Å². The van der Waals surface area contributed by atoms with Crippen LogP contribution in [-0.4, -0.2) is 32.9 Å². The zero-order chi connectivity index (χ0) is 16.1. The van der Waals surface area contributed by atoms with Crippen LogP contribution in [0.1, 0.15) is 42.8 Å². The van der Waals surface area contributed by atoms with Gasteiger partial charge in [0.15, 0.2) is 0 Å². The number of hydrogen-bond acceptors (Lipinski definition) is 3. The highest BCUT2D eigenvalue weighted by atomic mass is 32.1. The molecule has 3 rings (SSSR count). The van der Waals surface area contributed by atoms with Gasteiger partial charge in [-0.3, -0.25) is 4.79 Å². The van der Waals surface area contributed by atoms with Crippen molar-refractivity contribution in [1.29, 1.82) is 0 Å². The molecule has 4 nitrogen and oxygen atoms in total. The number of likely N-dealkylation sites (tertiary alicyclic amines) is 1. The fraction of sp³-hybridized carbons (Fsp3) is 0.556. The van der Waals surface area contributed by atoms with E-state index in [1.807, 2.05) is 19.3 Å². The molecule has 1 fully saturated rings. The lowest BCUT2D eigenvalue weighted by Crippen LogP contribution is -2.44. The van der Waals surface area contributed by atoms with Gasteiger partial charge in [0.2, 0.25) is 5.91 Å². The predicted molar refractivity (Wildman–Crippen MR) is 93.6 cm³/mol. The Hall–Kier alpha value is -1.62. The number of imidazole rings is 1. The molecule has 0 unspecified atom stereocenters. The number of aryl methyl sites for hydroxylation is 3. The van der Waals surface area contributed by atoms with Crippen LogP contribution in [0.3, 0.4) is 0 Å². The largest absolute Gasteiger partial charge is 0.340 e. The molecule has 1 saturated heterocycles. The minimum Gasteiger partial charge on any atom is -0.340 e. The van der Waals surface area contributed by atoms with Crippen molar-refractivity contribution in [3.05, 3.63) is 40.6 Å². The van der Waals surface area contributed by atoms with Crippen LogP contribution < -0.4 is 0 Å². The number of carbonyl (C=O) groups excluding carboxylic acids is 1. The first kappa shape index (κ1) is 16.2. The number of piperidine rings is 1. The molecule has 0 aliphatic carbocycles. The van der Waals surface area contributed by atoms with Gasteiger partial charge in [-0.1, -0.05) is 6.07 Å². The Morgan fingerprint density at radius 2 is 2.35 bits per heavy atom. The first-order valence-electron chi connectivity index (χ1n) is 8.53. The van der Waals surface area contributed by atoms with E-state index in [9.17, 15) is 4.79 Å². The molecule has 3 heterocycles. The molecule has 0 aromatic carbocycles. The Labute approximate surface area is 142 Å². The molecule has 23 heavy (non-hydrogen) atoms. The highest BCUT2D eigenvalue weighted by Gasteiger charge is 2.26. The molecule has 0 saturated carbocycles. The van der Waals surface area contributed by atoms with Gasteiger partial charge in [-0.15, -0.1) is 11.3 Å². The lowest BCUT2D eigenvalue weighted by molar-refractivity contribution is -0.135. The summed E-state index contributed by atoms with van der Waals surface area (Å²) in [5, 5.41) is 2.08. The number of thiophene rings is 1. The van der Waals surface area contributed by atoms with Crippen molar-refractivity contribution in [2.24, 2.45) is 0 Å². The molecule has 1 aliphatic rings. The predicted octanol–water partition coefficient (Wildman–Crippen LogP) is 3.66. The smallest absolute Gasteiger partial charge is 0.223 e. The van der Waals surface area contributed by atoms with Crippen molar-refractivity contribution in [3.8, 4) is 0 Å². The summed E-state index contributed by atoms with van der Waals surface area (Å²) in [6.07, 6.45) is 9.94. The first-order valence-corrected chi connectivity index (χ1v) is 9.41. The molecule has 1 aliphatic heterocycles. The molecule has 0 spiro atoms. The zero-order valence-corrected chi connectivity index (χ0v) is 14.6. The van der Waals surface area contributed by atoms with Crippen molar-refractivity contribution in [3.63, 3.8) is 0 Å². The number of hydrogen-bond donors (Lipinski definition) is 0. The van der Waals surface area contributed by atoms with Gasteiger partial charge in [0, 0.05) is 42.8 Å². The molecule has 0 bridgehead atoms. The van der Waals surface area contributed by atoms with E-state index >= 15 is 0 Å². The fourth-order valence-electron chi connectivity index (χ4n) is 3.39. The highest BCUT2D eigenvalue weighted by molar-refractivity contribution is 7.09. The normalized spacial score (nSPS) is 18.3. The molecule has 0 radical (unpaired) electrons. The Morgan fingerprint density at radius 3 is 3.09 bits per heavy atom. The van der Waals surface area contributed by atoms with Crippen LogP contribution >= 0.6 is 11.3 Å². The third kappa shape index (κ3) is 4.22. The van der Waals surface area contributed by atoms with E-state index in [4.69, 9.17) is 0 Å². The van der Waals surface area contributed by atoms with Crippen LogP contribution in [0, 0.1) is 6.92 Å². The summed E-state index contributed by atoms with van der Waals surface area (Å²) in [5.41, 5.74) is 0. The van der Waals surface area contributed by atoms with Gasteiger partial charge in [-0.2, -0.15) is 0 Å². The van der Waals surface area contributed by atoms with E-state index in [2.05, 4.69) is 32.0 Å². The van der Waals surface area contributed by atoms with Gasteiger partial charge >= 0.3 is 0 Å². The Morgan fingerprint density at radius 1 is 1.43 bits per heavy atom. The Balaban J connectivity index is 1.54. The van der Waals surface area contributed by atoms with Gasteiger partial charge in [0.1, 0.15) is 5.82 Å². The molecular weight excluding hydrogens is 306 g/mol. The van der Waals surface area contributed by atoms with E-state index in [-0.39, 0.29) is 0 Å². The van der Waals surface area contributed by atoms with Crippen molar-refractivity contribution in [2.45, 2.75) is 58.0 Å². The summed E-state index contributed by atoms with van der Waals surface area (Å²) in [5.74, 6) is 1.38. The summed E-state index contributed by atoms with van der Waals surface area (Å²) >= 11 is 1.74. The fourth-order valence-corrected chi connectivity index (χ4v) is 4.09. The molecule has 1 amide bonds. The maximum Gasteiger partial charge on any atom is 0.223 e. The van der Waals surface area contributed by atoms with Crippen LogP contribution in [0.25, 0.3) is 0 Å². The second-order valence-electron chi connectivity index (χ2n) is 6.27. The number of aromatic nitrogens is 2. The average molecular weight is 331 g/mol. The molecular formula is C18H25N3OS. The second-order valence-corrected chi connectivity index (χ2v) is 7.30. The molecule has 124 valence electrons. The third-order valence-electron chi connectivity index (χ3n) is 4.74. The Kier molecular flexibility index (Phi) is 5.49. The SMILES string of the molecule is Cc1nccn1CC[C@@H]1CCCCN1C(=O)CCc1cccs1. The van der Waals surface area contributed by atoms with E-state index in [0.717, 1.165) is 44.6 Å². The van der Waals surface area contributed by atoms with Crippen molar-refractivity contribution < 1.29 is 4.79 Å². The summed E-state index contributed by atoms with van der Waals surface area (Å²) in [6.45, 7) is 3.91. The molecule has 5 heteroatoms. The standard InChI is InChI=1S/C18H25N3OS/c1-15-19-10-13-20(15)12-9-16-5-2-3-11-21(16)18(22)8-7-17-6-4-14-23-17/h4,6,10,13-14,16H,2-3,5,7-9,11-12H2,1H3/t16-/m0/s1. The second kappa shape index (κ2) is 7.77. The molecule has 1 atom stereocenters. The van der Waals surface area contributed by atoms with E-state index in [1.165, 1.54) is 11.3 Å². The number of nitrogens with zero attached hydrogens (tertiary/aromatic N) is 3. The van der Waals surface area contributed by atoms with Crippen LogP contribution in [-0.2, 0) is 17.8 Å². The van der Waals surface area contributed by atoms with E-state index < -0.39 is 0 Å². The van der Waals surface area contributed by atoms with E-state index in [1.54, 1.807) is 11.3 Å². The van der Waals surface area contributed by atoms with Crippen molar-refractivity contribution in [2.75, 3.05) is 6.54 Å². The number of rotatable bonds is 6. The van der Waals surface area contributed by atoms with Crippen molar-refractivity contribution in [1.82, 2.24) is 14.5 Å². The Bertz CT molecular complexity index is 620. The van der Waals surface area contributed by atoms with E-state index in [0.29, 0.717) is 18.4 Å². The maximum absolute atomic E-state index is 12.6. The summed E-state index contributed by atoms with van der Waals surface area (Å²) in [4.78, 5) is 20.4. The van der Waals surface area contributed by atoms with Gasteiger partial charge < -0.3 is 9.47 Å². The highest BCUT2D eigenvalue weighted by Crippen LogP contribution is 2.22. The molecule has 0 N–H and O–H groups in total. The number of carbonyl (C=O) groups is 1. The minimum atomic E-state index is 0.324. The first-order chi connectivity index (χ1) is 11.2. The monoisotopic (exact) mass is 331 g/mol. The molecule has 2 aromatic rings. The lowest BCUT2D eigenvalue weighted by Gasteiger charge is -2.36. The van der Waals surface area contributed by atoms with Gasteiger partial charge in [0.25, 0.3) is 0 Å². The average Bonchev–Trinajstić information content (AvgIpc) is 3.22. The van der Waals surface area contributed by atoms with Gasteiger partial charge in [-0.25, -0.2) is 4.98 Å². The third-order valence-corrected chi connectivity index (χ3v) is 5.68. The van der Waals surface area contributed by atoms with Crippen LogP contribution in [0.2, 0.25) is 0 Å². The van der Waals surface area contributed by atoms with Crippen LogP contribution in [0.15, 0.2) is 29.9 Å². The zero-order valence-electron chi connectivity index (χ0n) is 13.8. The lowest BCUT2D eigenvalue weighted by atomic mass is 9.98. The summed E-state index contributed by atoms with van der Waals surface area (Å²) in [7, 11) is 0. The maximum atomic E-state index is 12.6. The van der Waals surface area contributed by atoms with Gasteiger partial charge in [0.05, 0.1) is 0 Å². The van der Waals surface area contributed by atoms with Crippen molar-refractivity contribution >= 4 is 17.2 Å². The van der Waals surface area contributed by atoms with Gasteiger partial charge in [-0.05, 0) is 50.5 Å². The molecule has 2 aromatic heterocycles.